The van der Waals surface area contributed by atoms with Gasteiger partial charge in [0.1, 0.15) is 19.6 Å². The van der Waals surface area contributed by atoms with Crippen molar-refractivity contribution in [2.24, 2.45) is 0 Å². The highest BCUT2D eigenvalue weighted by atomic mass is 16.4. The predicted octanol–water partition coefficient (Wildman–Crippen LogP) is 3.88. The molecule has 1 rings (SSSR count). The fourth-order valence-corrected chi connectivity index (χ4v) is 4.20. The molecule has 0 aliphatic carbocycles. The minimum absolute atomic E-state index is 0.0723. The molecule has 0 aromatic heterocycles. The van der Waals surface area contributed by atoms with E-state index in [-0.39, 0.29) is 13.0 Å². The van der Waals surface area contributed by atoms with Crippen molar-refractivity contribution in [2.45, 2.75) is 103 Å². The summed E-state index contributed by atoms with van der Waals surface area (Å²) >= 11 is 0. The Kier molecular flexibility index (Phi) is 16.4. The molecule has 0 saturated carbocycles. The van der Waals surface area contributed by atoms with E-state index in [1.807, 2.05) is 0 Å². The molecule has 0 saturated heterocycles. The molecule has 1 heterocycles. The van der Waals surface area contributed by atoms with Gasteiger partial charge in [0.05, 0.1) is 13.2 Å². The Labute approximate surface area is 184 Å². The third-order valence-corrected chi connectivity index (χ3v) is 5.99. The maximum absolute atomic E-state index is 10.8. The number of aliphatic hydroxyl groups is 1. The van der Waals surface area contributed by atoms with Crippen LogP contribution in [-0.2, 0) is 4.79 Å². The maximum Gasteiger partial charge on any atom is 0.247 e. The molecule has 0 aromatic carbocycles. The summed E-state index contributed by atoms with van der Waals surface area (Å²) in [7, 11) is 0. The van der Waals surface area contributed by atoms with Crippen LogP contribution in [0.4, 0.5) is 0 Å². The van der Waals surface area contributed by atoms with Gasteiger partial charge in [-0.25, -0.2) is 0 Å². The first-order chi connectivity index (χ1) is 14.7. The summed E-state index contributed by atoms with van der Waals surface area (Å²) < 4.78 is 2.21. The molecule has 0 radical (unpaired) electrons. The molecular weight excluding hydrogens is 376 g/mol. The molecular formula is C25H46N2O3. The summed E-state index contributed by atoms with van der Waals surface area (Å²) in [6, 6.07) is 0. The molecule has 0 bridgehead atoms. The van der Waals surface area contributed by atoms with Crippen molar-refractivity contribution in [3.8, 4) is 0 Å². The molecule has 0 unspecified atom stereocenters. The topological polar surface area (TPSA) is 66.6 Å². The van der Waals surface area contributed by atoms with Gasteiger partial charge in [-0.2, -0.15) is 0 Å². The van der Waals surface area contributed by atoms with Crippen LogP contribution in [0, 0.1) is 0 Å². The SMILES string of the molecule is CCCCCCCC/C=C/CCCCCCCC1=[N+](CCO)CCN1CCC(=O)[O-]. The molecule has 1 aliphatic heterocycles. The lowest BCUT2D eigenvalue weighted by Gasteiger charge is -2.14. The van der Waals surface area contributed by atoms with E-state index in [1.54, 1.807) is 0 Å². The maximum atomic E-state index is 10.8. The summed E-state index contributed by atoms with van der Waals surface area (Å²) in [5.41, 5.74) is 0. The lowest BCUT2D eigenvalue weighted by molar-refractivity contribution is -0.521. The van der Waals surface area contributed by atoms with Gasteiger partial charge in [-0.05, 0) is 32.1 Å². The van der Waals surface area contributed by atoms with E-state index in [4.69, 9.17) is 0 Å². The smallest absolute Gasteiger partial charge is 0.247 e. The van der Waals surface area contributed by atoms with Crippen molar-refractivity contribution in [3.05, 3.63) is 12.2 Å². The summed E-state index contributed by atoms with van der Waals surface area (Å²) in [4.78, 5) is 12.9. The van der Waals surface area contributed by atoms with E-state index >= 15 is 0 Å². The summed E-state index contributed by atoms with van der Waals surface area (Å²) in [5.74, 6) is 0.221. The van der Waals surface area contributed by atoms with E-state index < -0.39 is 5.97 Å². The highest BCUT2D eigenvalue weighted by Crippen LogP contribution is 2.13. The van der Waals surface area contributed by atoms with Crippen LogP contribution in [0.25, 0.3) is 0 Å². The summed E-state index contributed by atoms with van der Waals surface area (Å²) in [5, 5.41) is 20.0. The summed E-state index contributed by atoms with van der Waals surface area (Å²) in [6.07, 6.45) is 22.6. The lowest BCUT2D eigenvalue weighted by atomic mass is 10.1. The predicted molar refractivity (Wildman–Crippen MR) is 123 cm³/mol. The second-order valence-electron chi connectivity index (χ2n) is 8.57. The Bertz CT molecular complexity index is 503. The molecule has 0 amide bonds. The van der Waals surface area contributed by atoms with Crippen molar-refractivity contribution < 1.29 is 19.6 Å². The number of allylic oxidation sites excluding steroid dienone is 2. The van der Waals surface area contributed by atoms with Crippen LogP contribution < -0.4 is 5.11 Å². The van der Waals surface area contributed by atoms with Crippen LogP contribution >= 0.6 is 0 Å². The van der Waals surface area contributed by atoms with Crippen molar-refractivity contribution in [2.75, 3.05) is 32.8 Å². The first-order valence-corrected chi connectivity index (χ1v) is 12.5. The third-order valence-electron chi connectivity index (χ3n) is 5.99. The number of carboxylic acids is 1. The van der Waals surface area contributed by atoms with Gasteiger partial charge in [0.15, 0.2) is 0 Å². The van der Waals surface area contributed by atoms with Gasteiger partial charge in [0.2, 0.25) is 5.84 Å². The first-order valence-electron chi connectivity index (χ1n) is 12.5. The molecule has 0 aromatic rings. The zero-order valence-electron chi connectivity index (χ0n) is 19.5. The van der Waals surface area contributed by atoms with Crippen molar-refractivity contribution in [1.29, 1.82) is 0 Å². The van der Waals surface area contributed by atoms with E-state index in [2.05, 4.69) is 28.6 Å². The van der Waals surface area contributed by atoms with Gasteiger partial charge in [0, 0.05) is 18.8 Å². The number of hydrogen-bond donors (Lipinski definition) is 1. The number of carbonyl (C=O) groups excluding carboxylic acids is 1. The summed E-state index contributed by atoms with van der Waals surface area (Å²) in [6.45, 7) is 5.31. The standard InChI is InChI=1S/C25H46N2O3/c1-2-3-4-5-6-7-8-9-10-11-12-13-14-15-16-17-24-26(19-18-25(29)30)20-21-27(24)22-23-28/h9-10,28H,2-8,11-23H2,1H3/b10-9+. The number of amidine groups is 1. The molecule has 30 heavy (non-hydrogen) atoms. The fraction of sp³-hybridized carbons (Fsp3) is 0.840. The lowest BCUT2D eigenvalue weighted by Crippen LogP contribution is -2.34. The Morgan fingerprint density at radius 3 is 2.20 bits per heavy atom. The van der Waals surface area contributed by atoms with E-state index in [0.717, 1.165) is 25.9 Å². The van der Waals surface area contributed by atoms with E-state index in [9.17, 15) is 15.0 Å². The molecule has 1 aliphatic rings. The number of unbranched alkanes of at least 4 members (excludes halogenated alkanes) is 11. The van der Waals surface area contributed by atoms with Crippen LogP contribution in [0.2, 0.25) is 0 Å². The van der Waals surface area contributed by atoms with E-state index in [0.29, 0.717) is 13.1 Å². The minimum Gasteiger partial charge on any atom is -0.550 e. The van der Waals surface area contributed by atoms with Crippen LogP contribution in [0.1, 0.15) is 103 Å². The number of carbonyl (C=O) groups is 1. The molecule has 5 nitrogen and oxygen atoms in total. The first kappa shape index (κ1) is 26.7. The molecule has 0 fully saturated rings. The van der Waals surface area contributed by atoms with Gasteiger partial charge < -0.3 is 15.0 Å². The van der Waals surface area contributed by atoms with Gasteiger partial charge in [0.25, 0.3) is 0 Å². The number of β-amino-alcohol motifs (C(OH)–C–C–N with tert-alkyl or cyclic N) is 1. The zero-order valence-corrected chi connectivity index (χ0v) is 19.5. The van der Waals surface area contributed by atoms with Gasteiger partial charge >= 0.3 is 0 Å². The fourth-order valence-electron chi connectivity index (χ4n) is 4.20. The average molecular weight is 423 g/mol. The Morgan fingerprint density at radius 2 is 1.60 bits per heavy atom. The van der Waals surface area contributed by atoms with Crippen molar-refractivity contribution >= 4 is 11.8 Å². The highest BCUT2D eigenvalue weighted by Gasteiger charge is 2.28. The number of carboxylic acid groups (broad SMARTS) is 1. The number of aliphatic carboxylic acids is 1. The third kappa shape index (κ3) is 13.0. The van der Waals surface area contributed by atoms with Crippen LogP contribution in [0.3, 0.4) is 0 Å². The number of hydrogen-bond acceptors (Lipinski definition) is 4. The molecule has 1 N–H and O–H groups in total. The number of nitrogens with zero attached hydrogens (tertiary/aromatic N) is 2. The van der Waals surface area contributed by atoms with Gasteiger partial charge in [-0.1, -0.05) is 70.4 Å². The average Bonchev–Trinajstić information content (AvgIpc) is 3.11. The largest absolute Gasteiger partial charge is 0.550 e. The Balaban J connectivity index is 2.06. The van der Waals surface area contributed by atoms with Crippen LogP contribution in [0.5, 0.6) is 0 Å². The van der Waals surface area contributed by atoms with Crippen LogP contribution in [0.15, 0.2) is 12.2 Å². The Hall–Kier alpha value is -1.36. The van der Waals surface area contributed by atoms with Crippen molar-refractivity contribution in [1.82, 2.24) is 4.90 Å². The number of aliphatic hydroxyl groups excluding tert-OH is 1. The zero-order chi connectivity index (χ0) is 21.9. The number of rotatable bonds is 20. The quantitative estimate of drug-likeness (QED) is 0.184. The molecule has 0 atom stereocenters. The van der Waals surface area contributed by atoms with Gasteiger partial charge in [-0.15, -0.1) is 0 Å². The molecule has 174 valence electrons. The van der Waals surface area contributed by atoms with E-state index in [1.165, 1.54) is 82.9 Å². The monoisotopic (exact) mass is 422 g/mol. The van der Waals surface area contributed by atoms with Gasteiger partial charge in [-0.3, -0.25) is 9.48 Å². The molecule has 5 heteroatoms. The minimum atomic E-state index is -0.990. The second kappa shape index (κ2) is 18.4. The molecule has 0 spiro atoms. The normalized spacial score (nSPS) is 14.4. The highest BCUT2D eigenvalue weighted by molar-refractivity contribution is 5.79. The van der Waals surface area contributed by atoms with Crippen LogP contribution in [-0.4, -0.2) is 59.2 Å². The van der Waals surface area contributed by atoms with Crippen molar-refractivity contribution in [3.63, 3.8) is 0 Å². The Morgan fingerprint density at radius 1 is 1.00 bits per heavy atom. The second-order valence-corrected chi connectivity index (χ2v) is 8.57.